The highest BCUT2D eigenvalue weighted by atomic mass is 79.9. The second-order valence-corrected chi connectivity index (χ2v) is 9.73. The van der Waals surface area contributed by atoms with Gasteiger partial charge in [-0.05, 0) is 86.3 Å². The standard InChI is InChI=1S/C25H16Br2ClFN2O4/c1-13-6-7-16(28)11-21(13)31-24(33)17(23(32)30-25(31)34)8-14-9-18(26)22(19(27)10-14)35-12-15-4-2-3-5-20(15)29/h2-11H,12H2,1H3,(H,30,32,34)/b17-8+. The molecule has 3 aromatic rings. The first-order valence-corrected chi connectivity index (χ1v) is 12.1. The van der Waals surface area contributed by atoms with Gasteiger partial charge in [0.25, 0.3) is 11.8 Å². The summed E-state index contributed by atoms with van der Waals surface area (Å²) in [7, 11) is 0. The first kappa shape index (κ1) is 25.1. The van der Waals surface area contributed by atoms with Gasteiger partial charge in [0.2, 0.25) is 0 Å². The van der Waals surface area contributed by atoms with Crippen molar-refractivity contribution in [1.29, 1.82) is 0 Å². The molecule has 35 heavy (non-hydrogen) atoms. The molecule has 0 bridgehead atoms. The number of imide groups is 2. The predicted molar refractivity (Wildman–Crippen MR) is 138 cm³/mol. The van der Waals surface area contributed by atoms with Crippen LogP contribution in [0, 0.1) is 12.7 Å². The number of ether oxygens (including phenoxy) is 1. The normalized spacial score (nSPS) is 14.9. The molecule has 6 nitrogen and oxygen atoms in total. The molecule has 1 aliphatic heterocycles. The number of carbonyl (C=O) groups is 3. The minimum Gasteiger partial charge on any atom is -0.486 e. The number of rotatable bonds is 5. The van der Waals surface area contributed by atoms with Crippen LogP contribution in [0.1, 0.15) is 16.7 Å². The lowest BCUT2D eigenvalue weighted by Gasteiger charge is -2.27. The van der Waals surface area contributed by atoms with Crippen molar-refractivity contribution in [3.05, 3.63) is 96.6 Å². The van der Waals surface area contributed by atoms with Gasteiger partial charge in [-0.25, -0.2) is 14.1 Å². The summed E-state index contributed by atoms with van der Waals surface area (Å²) in [5.41, 5.74) is 1.55. The van der Waals surface area contributed by atoms with E-state index < -0.39 is 17.8 Å². The second-order valence-electron chi connectivity index (χ2n) is 7.58. The molecule has 1 fully saturated rings. The molecular formula is C25H16Br2ClFN2O4. The zero-order valence-electron chi connectivity index (χ0n) is 18.1. The van der Waals surface area contributed by atoms with Gasteiger partial charge in [-0.2, -0.15) is 0 Å². The molecule has 10 heteroatoms. The van der Waals surface area contributed by atoms with Crippen LogP contribution in [0.5, 0.6) is 5.75 Å². The van der Waals surface area contributed by atoms with Gasteiger partial charge in [0.05, 0.1) is 14.6 Å². The zero-order valence-corrected chi connectivity index (χ0v) is 22.0. The SMILES string of the molecule is Cc1ccc(Cl)cc1N1C(=O)NC(=O)/C(=C\c2cc(Br)c(OCc3ccccc3F)c(Br)c2)C1=O. The summed E-state index contributed by atoms with van der Waals surface area (Å²) >= 11 is 12.9. The fraction of sp³-hybridized carbons (Fsp3) is 0.0800. The molecule has 1 N–H and O–H groups in total. The van der Waals surface area contributed by atoms with Crippen molar-refractivity contribution in [3.8, 4) is 5.75 Å². The van der Waals surface area contributed by atoms with Gasteiger partial charge >= 0.3 is 6.03 Å². The molecule has 0 atom stereocenters. The highest BCUT2D eigenvalue weighted by Gasteiger charge is 2.37. The average Bonchev–Trinajstić information content (AvgIpc) is 2.79. The first-order chi connectivity index (χ1) is 16.7. The molecule has 0 spiro atoms. The lowest BCUT2D eigenvalue weighted by atomic mass is 10.1. The van der Waals surface area contributed by atoms with Gasteiger partial charge in [0.1, 0.15) is 23.7 Å². The van der Waals surface area contributed by atoms with Crippen molar-refractivity contribution in [2.45, 2.75) is 13.5 Å². The molecule has 0 aromatic heterocycles. The maximum absolute atomic E-state index is 13.9. The van der Waals surface area contributed by atoms with Crippen LogP contribution in [0.15, 0.2) is 69.1 Å². The number of amides is 4. The lowest BCUT2D eigenvalue weighted by Crippen LogP contribution is -2.54. The number of nitrogens with zero attached hydrogens (tertiary/aromatic N) is 1. The summed E-state index contributed by atoms with van der Waals surface area (Å²) in [6, 6.07) is 13.5. The Hall–Kier alpha value is -3.01. The highest BCUT2D eigenvalue weighted by molar-refractivity contribution is 9.11. The molecule has 0 unspecified atom stereocenters. The number of carbonyl (C=O) groups excluding carboxylic acids is 3. The largest absolute Gasteiger partial charge is 0.486 e. The summed E-state index contributed by atoms with van der Waals surface area (Å²) in [5, 5.41) is 2.53. The Kier molecular flexibility index (Phi) is 7.39. The van der Waals surface area contributed by atoms with Crippen LogP contribution in [0.4, 0.5) is 14.9 Å². The number of nitrogens with one attached hydrogen (secondary N) is 1. The van der Waals surface area contributed by atoms with Crippen LogP contribution in [0.2, 0.25) is 5.02 Å². The van der Waals surface area contributed by atoms with E-state index in [-0.39, 0.29) is 23.7 Å². The van der Waals surface area contributed by atoms with Gasteiger partial charge in [-0.15, -0.1) is 0 Å². The Balaban J connectivity index is 1.64. The van der Waals surface area contributed by atoms with E-state index in [2.05, 4.69) is 37.2 Å². The van der Waals surface area contributed by atoms with Gasteiger partial charge in [0, 0.05) is 10.6 Å². The highest BCUT2D eigenvalue weighted by Crippen LogP contribution is 2.36. The molecule has 1 saturated heterocycles. The van der Waals surface area contributed by atoms with Crippen molar-refractivity contribution in [2.24, 2.45) is 0 Å². The number of halogens is 4. The Morgan fingerprint density at radius 2 is 1.74 bits per heavy atom. The minimum atomic E-state index is -0.859. The lowest BCUT2D eigenvalue weighted by molar-refractivity contribution is -0.122. The summed E-state index contributed by atoms with van der Waals surface area (Å²) < 4.78 is 20.7. The topological polar surface area (TPSA) is 75.7 Å². The van der Waals surface area contributed by atoms with Gasteiger partial charge < -0.3 is 4.74 Å². The number of urea groups is 1. The van der Waals surface area contributed by atoms with Crippen LogP contribution in [0.3, 0.4) is 0 Å². The van der Waals surface area contributed by atoms with Crippen LogP contribution < -0.4 is 15.0 Å². The third-order valence-corrected chi connectivity index (χ3v) is 6.59. The number of aryl methyl sites for hydroxylation is 1. The van der Waals surface area contributed by atoms with E-state index in [9.17, 15) is 18.8 Å². The number of hydrogen-bond donors (Lipinski definition) is 1. The molecule has 0 saturated carbocycles. The maximum Gasteiger partial charge on any atom is 0.335 e. The van der Waals surface area contributed by atoms with Crippen LogP contribution in [-0.2, 0) is 16.2 Å². The second kappa shape index (κ2) is 10.3. The van der Waals surface area contributed by atoms with E-state index in [1.165, 1.54) is 18.2 Å². The van der Waals surface area contributed by atoms with Crippen molar-refractivity contribution in [1.82, 2.24) is 5.32 Å². The maximum atomic E-state index is 13.9. The molecular weight excluding hydrogens is 607 g/mol. The van der Waals surface area contributed by atoms with Gasteiger partial charge in [-0.1, -0.05) is 35.9 Å². The summed E-state index contributed by atoms with van der Waals surface area (Å²) in [5.74, 6) is -1.56. The van der Waals surface area contributed by atoms with E-state index in [0.717, 1.165) is 4.90 Å². The molecule has 1 aliphatic rings. The molecule has 178 valence electrons. The van der Waals surface area contributed by atoms with E-state index in [1.807, 2.05) is 0 Å². The zero-order chi connectivity index (χ0) is 25.3. The number of barbiturate groups is 1. The minimum absolute atomic E-state index is 0.00125. The quantitative estimate of drug-likeness (QED) is 0.259. The fourth-order valence-electron chi connectivity index (χ4n) is 3.43. The number of hydrogen-bond acceptors (Lipinski definition) is 4. The molecule has 4 rings (SSSR count). The summed E-state index contributed by atoms with van der Waals surface area (Å²) in [6.07, 6.45) is 1.37. The summed E-state index contributed by atoms with van der Waals surface area (Å²) in [4.78, 5) is 39.1. The predicted octanol–water partition coefficient (Wildman–Crippen LogP) is 6.56. The molecule has 4 amide bonds. The van der Waals surface area contributed by atoms with E-state index >= 15 is 0 Å². The van der Waals surface area contributed by atoms with Gasteiger partial charge in [-0.3, -0.25) is 14.9 Å². The monoisotopic (exact) mass is 620 g/mol. The third kappa shape index (κ3) is 5.32. The molecule has 0 aliphatic carbocycles. The van der Waals surface area contributed by atoms with Gasteiger partial charge in [0.15, 0.2) is 0 Å². The number of anilines is 1. The molecule has 3 aromatic carbocycles. The number of benzene rings is 3. The Bertz CT molecular complexity index is 1390. The molecule has 0 radical (unpaired) electrons. The first-order valence-electron chi connectivity index (χ1n) is 10.2. The van der Waals surface area contributed by atoms with Crippen molar-refractivity contribution in [3.63, 3.8) is 0 Å². The average molecular weight is 623 g/mol. The van der Waals surface area contributed by atoms with Crippen molar-refractivity contribution in [2.75, 3.05) is 4.90 Å². The van der Waals surface area contributed by atoms with E-state index in [0.29, 0.717) is 36.4 Å². The Morgan fingerprint density at radius 3 is 2.43 bits per heavy atom. The summed E-state index contributed by atoms with van der Waals surface area (Å²) in [6.45, 7) is 1.72. The van der Waals surface area contributed by atoms with Crippen LogP contribution in [0.25, 0.3) is 6.08 Å². The smallest absolute Gasteiger partial charge is 0.335 e. The Labute approximate surface area is 222 Å². The van der Waals surface area contributed by atoms with E-state index in [4.69, 9.17) is 16.3 Å². The Morgan fingerprint density at radius 1 is 1.06 bits per heavy atom. The molecule has 1 heterocycles. The van der Waals surface area contributed by atoms with Crippen LogP contribution >= 0.6 is 43.5 Å². The van der Waals surface area contributed by atoms with Crippen molar-refractivity contribution < 1.29 is 23.5 Å². The van der Waals surface area contributed by atoms with E-state index in [1.54, 1.807) is 49.4 Å². The van der Waals surface area contributed by atoms with Crippen molar-refractivity contribution >= 4 is 73.1 Å². The fourth-order valence-corrected chi connectivity index (χ4v) is 5.05. The third-order valence-electron chi connectivity index (χ3n) is 5.18. The van der Waals surface area contributed by atoms with Crippen LogP contribution in [-0.4, -0.2) is 17.8 Å².